The van der Waals surface area contributed by atoms with Crippen LogP contribution in [0.5, 0.6) is 0 Å². The van der Waals surface area contributed by atoms with Gasteiger partial charge in [-0.3, -0.25) is 0 Å². The van der Waals surface area contributed by atoms with E-state index >= 15 is 0 Å². The van der Waals surface area contributed by atoms with E-state index < -0.39 is 23.8 Å². The van der Waals surface area contributed by atoms with E-state index in [4.69, 9.17) is 0 Å². The molecule has 9 heteroatoms. The molecule has 0 bridgehead atoms. The van der Waals surface area contributed by atoms with Gasteiger partial charge in [0, 0.05) is 119 Å². The Balaban J connectivity index is 1.56. The first-order valence-corrected chi connectivity index (χ1v) is 26.1. The molecule has 6 aromatic rings. The molecule has 0 heterocycles. The largest absolute Gasteiger partial charge is 0.378 e. The predicted molar refractivity (Wildman–Crippen MR) is 286 cm³/mol. The van der Waals surface area contributed by atoms with Gasteiger partial charge in [-0.1, -0.05) is 79.7 Å². The first-order valence-electron chi connectivity index (χ1n) is 21.5. The predicted octanol–water partition coefficient (Wildman–Crippen LogP) is 8.79. The van der Waals surface area contributed by atoms with Crippen molar-refractivity contribution in [3.05, 3.63) is 146 Å². The monoisotopic (exact) mass is 882 g/mol. The van der Waals surface area contributed by atoms with E-state index in [1.54, 1.807) is 0 Å². The van der Waals surface area contributed by atoms with E-state index in [2.05, 4.69) is 266 Å². The molecule has 326 valence electrons. The van der Waals surface area contributed by atoms with Crippen LogP contribution >= 0.6 is 23.8 Å². The van der Waals surface area contributed by atoms with Gasteiger partial charge in [0.25, 0.3) is 0 Å². The summed E-state index contributed by atoms with van der Waals surface area (Å²) in [6, 6.07) is 56.7. The molecule has 0 unspecified atom stereocenters. The van der Waals surface area contributed by atoms with Crippen LogP contribution in [0.4, 0.5) is 34.1 Å². The van der Waals surface area contributed by atoms with Crippen molar-refractivity contribution in [3.63, 3.8) is 0 Å². The maximum absolute atomic E-state index is 2.64. The zero-order valence-corrected chi connectivity index (χ0v) is 42.2. The van der Waals surface area contributed by atoms with E-state index in [0.29, 0.717) is 0 Å². The minimum atomic E-state index is -0.737. The Morgan fingerprint density at radius 2 is 0.387 bits per heavy atom. The fourth-order valence-electron chi connectivity index (χ4n) is 7.87. The quantitative estimate of drug-likeness (QED) is 0.0800. The highest BCUT2D eigenvalue weighted by molar-refractivity contribution is 7.75. The summed E-state index contributed by atoms with van der Waals surface area (Å²) >= 11 is 0. The Kier molecular flexibility index (Phi) is 15.7. The van der Waals surface area contributed by atoms with Crippen molar-refractivity contribution in [1.82, 2.24) is 0 Å². The van der Waals surface area contributed by atoms with Crippen LogP contribution in [0.2, 0.25) is 0 Å². The van der Waals surface area contributed by atoms with Crippen LogP contribution in [0.3, 0.4) is 0 Å². The second-order valence-corrected chi connectivity index (χ2v) is 24.6. The Hall–Kier alpha value is -4.59. The molecule has 6 nitrogen and oxygen atoms in total. The van der Waals surface area contributed by atoms with Crippen molar-refractivity contribution in [2.45, 2.75) is 6.92 Å². The van der Waals surface area contributed by atoms with Crippen LogP contribution < -0.4 is 61.2 Å². The molecule has 0 radical (unpaired) electrons. The van der Waals surface area contributed by atoms with Crippen molar-refractivity contribution in [3.8, 4) is 0 Å². The molecule has 6 aromatic carbocycles. The van der Waals surface area contributed by atoms with Gasteiger partial charge in [-0.2, -0.15) is 0 Å². The average molecular weight is 883 g/mol. The Labute approximate surface area is 378 Å². The van der Waals surface area contributed by atoms with Crippen molar-refractivity contribution in [2.24, 2.45) is 5.41 Å². The minimum absolute atomic E-state index is 0.0651. The third-order valence-corrected chi connectivity index (χ3v) is 20.5. The van der Waals surface area contributed by atoms with Gasteiger partial charge in [0.2, 0.25) is 0 Å². The average Bonchev–Trinajstić information content (AvgIpc) is 3.27. The fourth-order valence-corrected chi connectivity index (χ4v) is 16.4. The number of anilines is 6. The van der Waals surface area contributed by atoms with Gasteiger partial charge in [-0.15, -0.1) is 0 Å². The van der Waals surface area contributed by atoms with Crippen LogP contribution in [0, 0.1) is 5.41 Å². The van der Waals surface area contributed by atoms with Crippen LogP contribution in [0.1, 0.15) is 6.92 Å². The number of benzene rings is 6. The molecule has 0 aliphatic heterocycles. The van der Waals surface area contributed by atoms with E-state index in [0.717, 1.165) is 18.5 Å². The zero-order valence-electron chi connectivity index (χ0n) is 39.5. The third kappa shape index (κ3) is 11.7. The van der Waals surface area contributed by atoms with Gasteiger partial charge in [0.15, 0.2) is 0 Å². The molecule has 62 heavy (non-hydrogen) atoms. The Morgan fingerprint density at radius 3 is 0.500 bits per heavy atom. The maximum atomic E-state index is 2.64. The second-order valence-electron chi connectivity index (χ2n) is 18.0. The second kappa shape index (κ2) is 20.7. The highest BCUT2D eigenvalue weighted by Crippen LogP contribution is 2.53. The summed E-state index contributed by atoms with van der Waals surface area (Å²) in [6.07, 6.45) is 3.21. The lowest BCUT2D eigenvalue weighted by atomic mass is 9.99. The van der Waals surface area contributed by atoms with Gasteiger partial charge < -0.3 is 29.4 Å². The molecule has 6 rings (SSSR count). The van der Waals surface area contributed by atoms with E-state index in [-0.39, 0.29) is 5.41 Å². The number of hydrogen-bond donors (Lipinski definition) is 0. The maximum Gasteiger partial charge on any atom is 0.0361 e. The summed E-state index contributed by atoms with van der Waals surface area (Å²) in [5.74, 6) is 0. The molecule has 0 amide bonds. The first-order chi connectivity index (χ1) is 29.5. The normalized spacial score (nSPS) is 11.6. The van der Waals surface area contributed by atoms with Gasteiger partial charge in [-0.25, -0.2) is 0 Å². The zero-order chi connectivity index (χ0) is 44.7. The van der Waals surface area contributed by atoms with Gasteiger partial charge in [0.1, 0.15) is 0 Å². The van der Waals surface area contributed by atoms with Crippen molar-refractivity contribution >= 4 is 89.7 Å². The molecule has 0 saturated carbocycles. The van der Waals surface area contributed by atoms with Crippen LogP contribution in [0.25, 0.3) is 0 Å². The van der Waals surface area contributed by atoms with E-state index in [1.165, 1.54) is 66.0 Å². The lowest BCUT2D eigenvalue weighted by Crippen LogP contribution is -2.36. The van der Waals surface area contributed by atoms with Crippen LogP contribution in [-0.2, 0) is 0 Å². The summed E-state index contributed by atoms with van der Waals surface area (Å²) in [4.78, 5) is 13.2. The molecule has 0 atom stereocenters. The molecule has 0 aliphatic rings. The molecule has 0 N–H and O–H groups in total. The van der Waals surface area contributed by atoms with Gasteiger partial charge in [-0.05, 0) is 152 Å². The number of nitrogens with zero attached hydrogens (tertiary/aromatic N) is 6. The summed E-state index contributed by atoms with van der Waals surface area (Å²) in [6.45, 7) is 2.64. The van der Waals surface area contributed by atoms with Gasteiger partial charge in [0.05, 0.1) is 0 Å². The third-order valence-electron chi connectivity index (χ3n) is 11.7. The van der Waals surface area contributed by atoms with E-state index in [9.17, 15) is 0 Å². The highest BCUT2D eigenvalue weighted by Gasteiger charge is 2.37. The molecular formula is C53H69N6P3. The lowest BCUT2D eigenvalue weighted by Gasteiger charge is -2.40. The first kappa shape index (κ1) is 46.9. The molecular weight excluding hydrogens is 814 g/mol. The summed E-state index contributed by atoms with van der Waals surface area (Å²) < 4.78 is 0. The summed E-state index contributed by atoms with van der Waals surface area (Å²) in [5, 5.41) is 8.58. The van der Waals surface area contributed by atoms with E-state index in [1.807, 2.05) is 0 Å². The van der Waals surface area contributed by atoms with Crippen molar-refractivity contribution in [2.75, 3.05) is 132 Å². The Bertz CT molecular complexity index is 1870. The molecule has 0 spiro atoms. The minimum Gasteiger partial charge on any atom is -0.378 e. The standard InChI is InChI=1S/C53H69N6P3/c1-53(38-60(47-26-14-41(15-27-47)54(2)3)48-28-16-42(17-29-48)55(4)5,39-61(49-30-18-43(19-31-49)56(6)7)50-32-20-44(21-33-50)57(8)9)40-62(51-34-22-45(23-35-51)58(10)11)52-36-24-46(25-37-52)59(12)13/h14-37H,38-40H2,1-13H3. The summed E-state index contributed by atoms with van der Waals surface area (Å²) in [5.41, 5.74) is 7.30. The van der Waals surface area contributed by atoms with Crippen molar-refractivity contribution in [1.29, 1.82) is 0 Å². The van der Waals surface area contributed by atoms with Gasteiger partial charge >= 0.3 is 0 Å². The smallest absolute Gasteiger partial charge is 0.0361 e. The topological polar surface area (TPSA) is 19.4 Å². The van der Waals surface area contributed by atoms with Crippen LogP contribution in [-0.4, -0.2) is 103 Å². The highest BCUT2D eigenvalue weighted by atomic mass is 31.1. The van der Waals surface area contributed by atoms with Crippen molar-refractivity contribution < 1.29 is 0 Å². The fraction of sp³-hybridized carbons (Fsp3) is 0.321. The molecule has 0 fully saturated rings. The van der Waals surface area contributed by atoms with Crippen LogP contribution in [0.15, 0.2) is 146 Å². The number of rotatable bonds is 18. The number of hydrogen-bond acceptors (Lipinski definition) is 6. The molecule has 0 aromatic heterocycles. The SMILES string of the molecule is CN(C)c1ccc(P(CC(C)(CP(c2ccc(N(C)C)cc2)c2ccc(N(C)C)cc2)CP(c2ccc(N(C)C)cc2)c2ccc(N(C)C)cc2)c2ccc(N(C)C)cc2)cc1. The summed E-state index contributed by atoms with van der Waals surface area (Å²) in [7, 11) is 23.4. The molecule has 0 aliphatic carbocycles. The Morgan fingerprint density at radius 1 is 0.258 bits per heavy atom. The molecule has 0 saturated heterocycles. The lowest BCUT2D eigenvalue weighted by molar-refractivity contribution is 0.497.